The Hall–Kier alpha value is -0.0800. The molecule has 1 aliphatic rings. The Morgan fingerprint density at radius 1 is 1.25 bits per heavy atom. The fourth-order valence-electron chi connectivity index (χ4n) is 2.10. The van der Waals surface area contributed by atoms with E-state index in [-0.39, 0.29) is 0 Å². The molecule has 0 aromatic carbocycles. The van der Waals surface area contributed by atoms with Crippen molar-refractivity contribution in [1.82, 2.24) is 10.2 Å². The van der Waals surface area contributed by atoms with Crippen LogP contribution in [0.3, 0.4) is 0 Å². The van der Waals surface area contributed by atoms with Gasteiger partial charge in [-0.25, -0.2) is 0 Å². The van der Waals surface area contributed by atoms with E-state index in [2.05, 4.69) is 37.9 Å². The molecule has 0 aromatic heterocycles. The van der Waals surface area contributed by atoms with E-state index < -0.39 is 0 Å². The summed E-state index contributed by atoms with van der Waals surface area (Å²) in [7, 11) is 0. The largest absolute Gasteiger partial charge is 0.313 e. The van der Waals surface area contributed by atoms with E-state index in [9.17, 15) is 0 Å². The molecule has 1 N–H and O–H groups in total. The smallest absolute Gasteiger partial charge is 0.0192 e. The highest BCUT2D eigenvalue weighted by molar-refractivity contribution is 4.81. The molecule has 0 saturated heterocycles. The minimum absolute atomic E-state index is 0.682. The Labute approximate surface area is 102 Å². The average Bonchev–Trinajstić information content (AvgIpc) is 3.06. The van der Waals surface area contributed by atoms with Gasteiger partial charge in [0.1, 0.15) is 0 Å². The monoisotopic (exact) mass is 226 g/mol. The summed E-state index contributed by atoms with van der Waals surface area (Å²) in [6.45, 7) is 12.9. The summed E-state index contributed by atoms with van der Waals surface area (Å²) < 4.78 is 0. The summed E-state index contributed by atoms with van der Waals surface area (Å²) in [6.07, 6.45) is 5.40. The summed E-state index contributed by atoms with van der Waals surface area (Å²) in [5.74, 6) is 1.01. The number of hydrogen-bond acceptors (Lipinski definition) is 2. The van der Waals surface area contributed by atoms with Gasteiger partial charge in [0.15, 0.2) is 0 Å². The molecule has 0 heterocycles. The summed E-state index contributed by atoms with van der Waals surface area (Å²) in [4.78, 5) is 2.66. The molecule has 96 valence electrons. The zero-order chi connectivity index (χ0) is 12.0. The van der Waals surface area contributed by atoms with E-state index in [4.69, 9.17) is 0 Å². The van der Waals surface area contributed by atoms with Crippen molar-refractivity contribution < 1.29 is 0 Å². The molecule has 0 aliphatic heterocycles. The van der Waals surface area contributed by atoms with Crippen LogP contribution in [0.4, 0.5) is 0 Å². The first-order valence-corrected chi connectivity index (χ1v) is 7.14. The average molecular weight is 226 g/mol. The molecule has 0 spiro atoms. The Morgan fingerprint density at radius 2 is 1.94 bits per heavy atom. The first-order valence-electron chi connectivity index (χ1n) is 7.14. The van der Waals surface area contributed by atoms with Crippen LogP contribution in [0.2, 0.25) is 0 Å². The minimum atomic E-state index is 0.682. The van der Waals surface area contributed by atoms with Crippen LogP contribution in [-0.4, -0.2) is 36.6 Å². The molecule has 2 nitrogen and oxygen atoms in total. The SMILES string of the molecule is CCCNC(CC)CN(CC1CC1)C(C)C. The fraction of sp³-hybridized carbons (Fsp3) is 1.00. The van der Waals surface area contributed by atoms with Crippen LogP contribution in [0.15, 0.2) is 0 Å². The van der Waals surface area contributed by atoms with Crippen molar-refractivity contribution in [1.29, 1.82) is 0 Å². The highest BCUT2D eigenvalue weighted by Gasteiger charge is 2.26. The van der Waals surface area contributed by atoms with Crippen LogP contribution >= 0.6 is 0 Å². The van der Waals surface area contributed by atoms with Crippen LogP contribution in [0, 0.1) is 5.92 Å². The van der Waals surface area contributed by atoms with E-state index >= 15 is 0 Å². The van der Waals surface area contributed by atoms with Crippen LogP contribution in [0.5, 0.6) is 0 Å². The van der Waals surface area contributed by atoms with Gasteiger partial charge in [-0.2, -0.15) is 0 Å². The topological polar surface area (TPSA) is 15.3 Å². The third kappa shape index (κ3) is 5.31. The van der Waals surface area contributed by atoms with E-state index in [0.717, 1.165) is 12.5 Å². The van der Waals surface area contributed by atoms with Crippen molar-refractivity contribution in [3.8, 4) is 0 Å². The Balaban J connectivity index is 2.31. The Bertz CT molecular complexity index is 176. The number of nitrogens with zero attached hydrogens (tertiary/aromatic N) is 1. The second-order valence-electron chi connectivity index (χ2n) is 5.55. The van der Waals surface area contributed by atoms with E-state index in [0.29, 0.717) is 12.1 Å². The zero-order valence-corrected chi connectivity index (χ0v) is 11.6. The minimum Gasteiger partial charge on any atom is -0.313 e. The van der Waals surface area contributed by atoms with Gasteiger partial charge >= 0.3 is 0 Å². The van der Waals surface area contributed by atoms with E-state index in [1.54, 1.807) is 0 Å². The standard InChI is InChI=1S/C14H30N2/c1-5-9-15-14(6-2)11-16(12(3)4)10-13-7-8-13/h12-15H,5-11H2,1-4H3. The van der Waals surface area contributed by atoms with Crippen molar-refractivity contribution in [2.75, 3.05) is 19.6 Å². The van der Waals surface area contributed by atoms with Crippen LogP contribution in [-0.2, 0) is 0 Å². The van der Waals surface area contributed by atoms with Crippen LogP contribution < -0.4 is 5.32 Å². The molecule has 1 unspecified atom stereocenters. The van der Waals surface area contributed by atoms with Gasteiger partial charge in [0.05, 0.1) is 0 Å². The summed E-state index contributed by atoms with van der Waals surface area (Å²) in [5.41, 5.74) is 0. The van der Waals surface area contributed by atoms with Crippen molar-refractivity contribution in [3.05, 3.63) is 0 Å². The predicted octanol–water partition coefficient (Wildman–Crippen LogP) is 2.89. The van der Waals surface area contributed by atoms with Gasteiger partial charge < -0.3 is 5.32 Å². The molecular formula is C14H30N2. The maximum absolute atomic E-state index is 3.66. The molecule has 16 heavy (non-hydrogen) atoms. The quantitative estimate of drug-likeness (QED) is 0.650. The summed E-state index contributed by atoms with van der Waals surface area (Å²) in [6, 6.07) is 1.37. The summed E-state index contributed by atoms with van der Waals surface area (Å²) >= 11 is 0. The van der Waals surface area contributed by atoms with Gasteiger partial charge in [-0.15, -0.1) is 0 Å². The lowest BCUT2D eigenvalue weighted by Gasteiger charge is -2.31. The molecule has 0 radical (unpaired) electrons. The van der Waals surface area contributed by atoms with Gasteiger partial charge in [0.2, 0.25) is 0 Å². The molecule has 0 amide bonds. The van der Waals surface area contributed by atoms with Crippen molar-refractivity contribution in [3.63, 3.8) is 0 Å². The molecule has 1 atom stereocenters. The van der Waals surface area contributed by atoms with E-state index in [1.165, 1.54) is 38.8 Å². The molecule has 0 bridgehead atoms. The second-order valence-corrected chi connectivity index (χ2v) is 5.55. The summed E-state index contributed by atoms with van der Waals surface area (Å²) in [5, 5.41) is 3.66. The maximum Gasteiger partial charge on any atom is 0.0192 e. The number of nitrogens with one attached hydrogen (secondary N) is 1. The number of hydrogen-bond donors (Lipinski definition) is 1. The lowest BCUT2D eigenvalue weighted by Crippen LogP contribution is -2.44. The highest BCUT2D eigenvalue weighted by Crippen LogP contribution is 2.30. The van der Waals surface area contributed by atoms with Crippen molar-refractivity contribution in [2.45, 2.75) is 65.5 Å². The normalized spacial score (nSPS) is 18.4. The Morgan fingerprint density at radius 3 is 2.38 bits per heavy atom. The van der Waals surface area contributed by atoms with E-state index in [1.807, 2.05) is 0 Å². The maximum atomic E-state index is 3.66. The van der Waals surface area contributed by atoms with Crippen molar-refractivity contribution in [2.24, 2.45) is 5.92 Å². The lowest BCUT2D eigenvalue weighted by atomic mass is 10.1. The Kier molecular flexibility index (Phi) is 6.37. The van der Waals surface area contributed by atoms with Crippen LogP contribution in [0.1, 0.15) is 53.4 Å². The van der Waals surface area contributed by atoms with Gasteiger partial charge in [-0.3, -0.25) is 4.90 Å². The molecule has 1 saturated carbocycles. The molecular weight excluding hydrogens is 196 g/mol. The van der Waals surface area contributed by atoms with Gasteiger partial charge in [-0.1, -0.05) is 13.8 Å². The predicted molar refractivity (Wildman–Crippen MR) is 71.8 cm³/mol. The number of rotatable bonds is 9. The van der Waals surface area contributed by atoms with Crippen molar-refractivity contribution >= 4 is 0 Å². The molecule has 1 fully saturated rings. The van der Waals surface area contributed by atoms with Crippen LogP contribution in [0.25, 0.3) is 0 Å². The third-order valence-electron chi connectivity index (χ3n) is 3.55. The third-order valence-corrected chi connectivity index (χ3v) is 3.55. The van der Waals surface area contributed by atoms with Gasteiger partial charge in [0, 0.05) is 25.2 Å². The first-order chi connectivity index (χ1) is 7.67. The van der Waals surface area contributed by atoms with Gasteiger partial charge in [0.25, 0.3) is 0 Å². The van der Waals surface area contributed by atoms with Gasteiger partial charge in [-0.05, 0) is 52.0 Å². The highest BCUT2D eigenvalue weighted by atomic mass is 15.2. The first kappa shape index (κ1) is 14.0. The lowest BCUT2D eigenvalue weighted by molar-refractivity contribution is 0.187. The molecule has 2 heteroatoms. The molecule has 0 aromatic rings. The zero-order valence-electron chi connectivity index (χ0n) is 11.6. The molecule has 1 aliphatic carbocycles. The molecule has 1 rings (SSSR count). The second kappa shape index (κ2) is 7.29. The fourth-order valence-corrected chi connectivity index (χ4v) is 2.10.